The summed E-state index contributed by atoms with van der Waals surface area (Å²) >= 11 is 0. The van der Waals surface area contributed by atoms with Crippen molar-refractivity contribution in [3.8, 4) is 0 Å². The Labute approximate surface area is 98.1 Å². The van der Waals surface area contributed by atoms with Gasteiger partial charge in [0, 0.05) is 6.04 Å². The van der Waals surface area contributed by atoms with Gasteiger partial charge >= 0.3 is 0 Å². The molecule has 2 unspecified atom stereocenters. The van der Waals surface area contributed by atoms with Crippen LogP contribution in [0.4, 0.5) is 4.39 Å². The minimum Gasteiger partial charge on any atom is -0.314 e. The lowest BCUT2D eigenvalue weighted by atomic mass is 9.91. The van der Waals surface area contributed by atoms with Gasteiger partial charge in [-0.15, -0.1) is 0 Å². The highest BCUT2D eigenvalue weighted by Gasteiger charge is 2.16. The van der Waals surface area contributed by atoms with Crippen LogP contribution in [-0.4, -0.2) is 12.6 Å². The smallest absolute Gasteiger partial charge is 0.126 e. The molecule has 1 aromatic carbocycles. The van der Waals surface area contributed by atoms with E-state index < -0.39 is 0 Å². The molecular weight excluding hydrogens is 201 g/mol. The Hall–Kier alpha value is -0.890. The van der Waals surface area contributed by atoms with E-state index in [1.165, 1.54) is 0 Å². The lowest BCUT2D eigenvalue weighted by Crippen LogP contribution is -2.33. The second-order valence-corrected chi connectivity index (χ2v) is 4.37. The number of halogens is 1. The molecule has 0 radical (unpaired) electrons. The fraction of sp³-hybridized carbons (Fsp3) is 0.571. The van der Waals surface area contributed by atoms with Crippen LogP contribution in [0.5, 0.6) is 0 Å². The maximum absolute atomic E-state index is 13.5. The first kappa shape index (κ1) is 13.2. The van der Waals surface area contributed by atoms with E-state index in [0.29, 0.717) is 17.5 Å². The predicted octanol–water partition coefficient (Wildman–Crippen LogP) is 3.63. The van der Waals surface area contributed by atoms with Crippen LogP contribution in [0.3, 0.4) is 0 Å². The number of benzene rings is 1. The molecule has 1 rings (SSSR count). The zero-order chi connectivity index (χ0) is 12.1. The summed E-state index contributed by atoms with van der Waals surface area (Å²) in [5.74, 6) is 0.246. The van der Waals surface area contributed by atoms with Gasteiger partial charge in [-0.25, -0.2) is 4.39 Å². The van der Waals surface area contributed by atoms with Gasteiger partial charge in [-0.1, -0.05) is 32.9 Å². The van der Waals surface area contributed by atoms with Crippen LogP contribution in [0.15, 0.2) is 18.2 Å². The van der Waals surface area contributed by atoms with Crippen molar-refractivity contribution in [1.29, 1.82) is 0 Å². The molecule has 90 valence electrons. The van der Waals surface area contributed by atoms with Gasteiger partial charge in [0.1, 0.15) is 5.82 Å². The normalized spacial score (nSPS) is 14.8. The van der Waals surface area contributed by atoms with Crippen molar-refractivity contribution in [2.75, 3.05) is 6.54 Å². The Balaban J connectivity index is 2.85. The molecule has 16 heavy (non-hydrogen) atoms. The van der Waals surface area contributed by atoms with Crippen molar-refractivity contribution in [3.05, 3.63) is 35.1 Å². The van der Waals surface area contributed by atoms with Crippen molar-refractivity contribution in [2.45, 2.75) is 46.1 Å². The van der Waals surface area contributed by atoms with E-state index in [1.54, 1.807) is 13.0 Å². The molecule has 0 fully saturated rings. The van der Waals surface area contributed by atoms with E-state index in [1.807, 2.05) is 12.1 Å². The van der Waals surface area contributed by atoms with Gasteiger partial charge in [-0.05, 0) is 43.0 Å². The number of rotatable bonds is 5. The summed E-state index contributed by atoms with van der Waals surface area (Å²) < 4.78 is 13.5. The Bertz CT molecular complexity index is 336. The van der Waals surface area contributed by atoms with E-state index >= 15 is 0 Å². The molecule has 0 aliphatic heterocycles. The molecule has 1 aromatic rings. The Morgan fingerprint density at radius 3 is 2.50 bits per heavy atom. The summed E-state index contributed by atoms with van der Waals surface area (Å²) in [6, 6.07) is 5.98. The molecule has 0 saturated heterocycles. The summed E-state index contributed by atoms with van der Waals surface area (Å²) in [7, 11) is 0. The molecule has 0 amide bonds. The van der Waals surface area contributed by atoms with Gasteiger partial charge in [0.05, 0.1) is 0 Å². The summed E-state index contributed by atoms with van der Waals surface area (Å²) in [6.45, 7) is 9.17. The van der Waals surface area contributed by atoms with Crippen molar-refractivity contribution in [1.82, 2.24) is 5.32 Å². The summed E-state index contributed by atoms with van der Waals surface area (Å²) in [5.41, 5.74) is 1.79. The number of hydrogen-bond donors (Lipinski definition) is 1. The minimum atomic E-state index is -0.101. The first-order valence-electron chi connectivity index (χ1n) is 6.09. The monoisotopic (exact) mass is 223 g/mol. The maximum Gasteiger partial charge on any atom is 0.126 e. The van der Waals surface area contributed by atoms with Crippen LogP contribution in [0.25, 0.3) is 0 Å². The Kier molecular flexibility index (Phi) is 4.94. The number of likely N-dealkylation sites (N-methyl/N-ethyl adjacent to an activating group) is 1. The molecule has 2 atom stereocenters. The standard InChI is InChI=1S/C14H22FN/c1-5-14(16-6-2)11(4)12-8-7-10(3)13(15)9-12/h7-9,11,14,16H,5-6H2,1-4H3. The van der Waals surface area contributed by atoms with Crippen LogP contribution in [0.2, 0.25) is 0 Å². The fourth-order valence-electron chi connectivity index (χ4n) is 2.06. The van der Waals surface area contributed by atoms with Gasteiger partial charge in [0.15, 0.2) is 0 Å². The highest BCUT2D eigenvalue weighted by atomic mass is 19.1. The van der Waals surface area contributed by atoms with Crippen molar-refractivity contribution in [3.63, 3.8) is 0 Å². The highest BCUT2D eigenvalue weighted by Crippen LogP contribution is 2.23. The molecule has 0 aliphatic carbocycles. The van der Waals surface area contributed by atoms with Crippen LogP contribution < -0.4 is 5.32 Å². The van der Waals surface area contributed by atoms with Crippen molar-refractivity contribution >= 4 is 0 Å². The van der Waals surface area contributed by atoms with Crippen LogP contribution in [0.1, 0.15) is 44.2 Å². The van der Waals surface area contributed by atoms with Crippen LogP contribution >= 0.6 is 0 Å². The van der Waals surface area contributed by atoms with Gasteiger partial charge in [-0.2, -0.15) is 0 Å². The zero-order valence-corrected chi connectivity index (χ0v) is 10.7. The van der Waals surface area contributed by atoms with E-state index in [9.17, 15) is 4.39 Å². The molecule has 1 N–H and O–H groups in total. The third-order valence-corrected chi connectivity index (χ3v) is 3.23. The average molecular weight is 223 g/mol. The molecule has 0 heterocycles. The first-order valence-corrected chi connectivity index (χ1v) is 6.09. The molecule has 0 aromatic heterocycles. The largest absolute Gasteiger partial charge is 0.314 e. The second kappa shape index (κ2) is 6.00. The van der Waals surface area contributed by atoms with E-state index in [-0.39, 0.29) is 5.82 Å². The van der Waals surface area contributed by atoms with E-state index in [2.05, 4.69) is 26.1 Å². The summed E-state index contributed by atoms with van der Waals surface area (Å²) in [6.07, 6.45) is 1.06. The quantitative estimate of drug-likeness (QED) is 0.804. The summed E-state index contributed by atoms with van der Waals surface area (Å²) in [5, 5.41) is 3.44. The predicted molar refractivity (Wildman–Crippen MR) is 67.3 cm³/mol. The highest BCUT2D eigenvalue weighted by molar-refractivity contribution is 5.26. The molecular formula is C14H22FN. The lowest BCUT2D eigenvalue weighted by molar-refractivity contribution is 0.447. The first-order chi connectivity index (χ1) is 7.60. The minimum absolute atomic E-state index is 0.101. The van der Waals surface area contributed by atoms with E-state index in [4.69, 9.17) is 0 Å². The van der Waals surface area contributed by atoms with Crippen LogP contribution in [0, 0.1) is 12.7 Å². The van der Waals surface area contributed by atoms with Gasteiger partial charge < -0.3 is 5.32 Å². The lowest BCUT2D eigenvalue weighted by Gasteiger charge is -2.24. The maximum atomic E-state index is 13.5. The van der Waals surface area contributed by atoms with Gasteiger partial charge in [-0.3, -0.25) is 0 Å². The third kappa shape index (κ3) is 3.05. The molecule has 0 aliphatic rings. The summed E-state index contributed by atoms with van der Waals surface area (Å²) in [4.78, 5) is 0. The Morgan fingerprint density at radius 2 is 2.00 bits per heavy atom. The third-order valence-electron chi connectivity index (χ3n) is 3.23. The van der Waals surface area contributed by atoms with Crippen LogP contribution in [-0.2, 0) is 0 Å². The second-order valence-electron chi connectivity index (χ2n) is 4.37. The van der Waals surface area contributed by atoms with Gasteiger partial charge in [0.25, 0.3) is 0 Å². The van der Waals surface area contributed by atoms with Crippen molar-refractivity contribution < 1.29 is 4.39 Å². The molecule has 2 heteroatoms. The topological polar surface area (TPSA) is 12.0 Å². The molecule has 0 spiro atoms. The van der Waals surface area contributed by atoms with Crippen molar-refractivity contribution in [2.24, 2.45) is 0 Å². The number of hydrogen-bond acceptors (Lipinski definition) is 1. The molecule has 0 saturated carbocycles. The number of aryl methyl sites for hydroxylation is 1. The Morgan fingerprint density at radius 1 is 1.31 bits per heavy atom. The average Bonchev–Trinajstić information content (AvgIpc) is 2.28. The number of nitrogens with one attached hydrogen (secondary N) is 1. The molecule has 0 bridgehead atoms. The van der Waals surface area contributed by atoms with E-state index in [0.717, 1.165) is 18.5 Å². The molecule has 1 nitrogen and oxygen atoms in total. The van der Waals surface area contributed by atoms with Gasteiger partial charge in [0.2, 0.25) is 0 Å². The SMILES string of the molecule is CCNC(CC)C(C)c1ccc(C)c(F)c1. The fourth-order valence-corrected chi connectivity index (χ4v) is 2.06. The zero-order valence-electron chi connectivity index (χ0n) is 10.7.